The molecule has 4 rings (SSSR count). The van der Waals surface area contributed by atoms with Gasteiger partial charge in [0.15, 0.2) is 5.78 Å². The first-order valence-electron chi connectivity index (χ1n) is 9.14. The molecule has 0 aliphatic rings. The minimum Gasteiger partial charge on any atom is -0.512 e. The number of aliphatic hydroxyl groups is 1. The van der Waals surface area contributed by atoms with Crippen LogP contribution in [0.3, 0.4) is 0 Å². The minimum atomic E-state index is -0.125. The van der Waals surface area contributed by atoms with Crippen LogP contribution < -0.4 is 0 Å². The molecule has 0 atom stereocenters. The summed E-state index contributed by atoms with van der Waals surface area (Å²) in [7, 11) is 0. The Hall–Kier alpha value is -2.56. The number of allylic oxidation sites excluding steroid dienone is 2. The fourth-order valence-corrected chi connectivity index (χ4v) is 3.07. The standard InChI is InChI=1S/C18H16N3.C5H8O2.Ir/c1-18(2,3)17-20-13-9-5-4-8-12(13)16-19-14-10-6-7-11-15(14)21(16)17;1-4(6)3-5(2)7;/h4-7,9-11H,1-3H3;3,6H,1-2H3;/q-1;;. The van der Waals surface area contributed by atoms with Crippen LogP contribution in [0.4, 0.5) is 0 Å². The topological polar surface area (TPSA) is 67.5 Å². The van der Waals surface area contributed by atoms with Gasteiger partial charge in [-0.2, -0.15) is 0 Å². The van der Waals surface area contributed by atoms with Gasteiger partial charge in [-0.05, 0) is 31.5 Å². The third-order valence-corrected chi connectivity index (χ3v) is 4.14. The molecule has 2 aromatic carbocycles. The number of hydrogen-bond donors (Lipinski definition) is 1. The Balaban J connectivity index is 0.000000327. The molecule has 153 valence electrons. The van der Waals surface area contributed by atoms with Crippen molar-refractivity contribution in [2.24, 2.45) is 0 Å². The van der Waals surface area contributed by atoms with Gasteiger partial charge in [-0.15, -0.1) is 24.3 Å². The zero-order valence-electron chi connectivity index (χ0n) is 17.1. The molecule has 0 aliphatic heterocycles. The van der Waals surface area contributed by atoms with E-state index in [1.807, 2.05) is 36.4 Å². The second-order valence-electron chi connectivity index (χ2n) is 7.77. The van der Waals surface area contributed by atoms with E-state index in [-0.39, 0.29) is 37.1 Å². The van der Waals surface area contributed by atoms with E-state index in [9.17, 15) is 4.79 Å². The van der Waals surface area contributed by atoms with Crippen molar-refractivity contribution < 1.29 is 30.0 Å². The molecule has 0 unspecified atom stereocenters. The quantitative estimate of drug-likeness (QED) is 0.196. The van der Waals surface area contributed by atoms with Gasteiger partial charge in [0.1, 0.15) is 5.82 Å². The number of ketones is 1. The molecular formula is C23H24IrN3O2-. The maximum absolute atomic E-state index is 10.0. The van der Waals surface area contributed by atoms with Crippen molar-refractivity contribution >= 4 is 33.4 Å². The fraction of sp³-hybridized carbons (Fsp3) is 0.261. The molecule has 6 heteroatoms. The van der Waals surface area contributed by atoms with Gasteiger partial charge in [-0.1, -0.05) is 38.3 Å². The second-order valence-corrected chi connectivity index (χ2v) is 7.77. The van der Waals surface area contributed by atoms with Crippen LogP contribution in [-0.4, -0.2) is 25.3 Å². The van der Waals surface area contributed by atoms with E-state index in [0.29, 0.717) is 0 Å². The van der Waals surface area contributed by atoms with Gasteiger partial charge in [0, 0.05) is 31.6 Å². The van der Waals surface area contributed by atoms with Crippen LogP contribution in [0.15, 0.2) is 54.3 Å². The Morgan fingerprint density at radius 2 is 1.72 bits per heavy atom. The largest absolute Gasteiger partial charge is 0.512 e. The number of rotatable bonds is 1. The number of aromatic nitrogens is 3. The Kier molecular flexibility index (Phi) is 6.93. The van der Waals surface area contributed by atoms with Crippen LogP contribution in [0.25, 0.3) is 27.6 Å². The molecule has 0 bridgehead atoms. The molecule has 1 radical (unpaired) electrons. The average Bonchev–Trinajstić information content (AvgIpc) is 2.99. The number of para-hydroxylation sites is 2. The van der Waals surface area contributed by atoms with Gasteiger partial charge < -0.3 is 9.51 Å². The summed E-state index contributed by atoms with van der Waals surface area (Å²) in [5.74, 6) is 0.964. The zero-order valence-corrected chi connectivity index (χ0v) is 19.5. The van der Waals surface area contributed by atoms with Crippen LogP contribution in [-0.2, 0) is 30.3 Å². The van der Waals surface area contributed by atoms with Crippen molar-refractivity contribution in [3.05, 3.63) is 66.2 Å². The van der Waals surface area contributed by atoms with Gasteiger partial charge in [-0.25, -0.2) is 0 Å². The maximum Gasteiger partial charge on any atom is 0.155 e. The molecule has 0 amide bonds. The van der Waals surface area contributed by atoms with Crippen LogP contribution >= 0.6 is 0 Å². The normalized spacial score (nSPS) is 11.8. The molecular weight excluding hydrogens is 542 g/mol. The van der Waals surface area contributed by atoms with E-state index in [4.69, 9.17) is 15.1 Å². The number of carbonyl (C=O) groups excluding carboxylic acids is 1. The van der Waals surface area contributed by atoms with Gasteiger partial charge in [-0.3, -0.25) is 14.8 Å². The Labute approximate surface area is 183 Å². The summed E-state index contributed by atoms with van der Waals surface area (Å²) in [5.41, 5.74) is 3.92. The monoisotopic (exact) mass is 567 g/mol. The maximum atomic E-state index is 10.0. The van der Waals surface area contributed by atoms with Gasteiger partial charge in [0.25, 0.3) is 0 Å². The SMILES string of the molecule is CC(=O)C=C(C)O.CC(C)(C)c1nc2ccc[c-]c2c2nc3ccccc3n12.[Ir]. The van der Waals surface area contributed by atoms with Crippen LogP contribution in [0.1, 0.15) is 40.4 Å². The van der Waals surface area contributed by atoms with Crippen molar-refractivity contribution in [2.75, 3.05) is 0 Å². The number of nitrogens with zero attached hydrogens (tertiary/aromatic N) is 3. The van der Waals surface area contributed by atoms with Crippen LogP contribution in [0, 0.1) is 6.07 Å². The van der Waals surface area contributed by atoms with E-state index in [2.05, 4.69) is 37.3 Å². The molecule has 0 saturated carbocycles. The van der Waals surface area contributed by atoms with Crippen molar-refractivity contribution in [3.8, 4) is 0 Å². The number of imidazole rings is 1. The van der Waals surface area contributed by atoms with Gasteiger partial charge in [0.05, 0.1) is 22.4 Å². The predicted octanol–water partition coefficient (Wildman–Crippen LogP) is 5.17. The van der Waals surface area contributed by atoms with Crippen molar-refractivity contribution in [2.45, 2.75) is 40.0 Å². The molecule has 4 aromatic rings. The third kappa shape index (κ3) is 4.89. The fourth-order valence-electron chi connectivity index (χ4n) is 3.07. The van der Waals surface area contributed by atoms with E-state index >= 15 is 0 Å². The summed E-state index contributed by atoms with van der Waals surface area (Å²) >= 11 is 0. The summed E-state index contributed by atoms with van der Waals surface area (Å²) in [4.78, 5) is 19.7. The number of fused-ring (bicyclic) bond motifs is 5. The van der Waals surface area contributed by atoms with Crippen molar-refractivity contribution in [1.82, 2.24) is 14.4 Å². The smallest absolute Gasteiger partial charge is 0.155 e. The molecule has 0 saturated heterocycles. The Morgan fingerprint density at radius 1 is 1.07 bits per heavy atom. The van der Waals surface area contributed by atoms with Crippen molar-refractivity contribution in [1.29, 1.82) is 0 Å². The molecule has 2 aromatic heterocycles. The Morgan fingerprint density at radius 3 is 2.31 bits per heavy atom. The van der Waals surface area contributed by atoms with Crippen LogP contribution in [0.5, 0.6) is 0 Å². The number of benzene rings is 2. The van der Waals surface area contributed by atoms with E-state index in [0.717, 1.165) is 33.4 Å². The summed E-state index contributed by atoms with van der Waals surface area (Å²) in [6.07, 6.45) is 1.17. The summed E-state index contributed by atoms with van der Waals surface area (Å²) in [6, 6.07) is 17.4. The second kappa shape index (κ2) is 8.85. The molecule has 0 fully saturated rings. The van der Waals surface area contributed by atoms with Gasteiger partial charge >= 0.3 is 0 Å². The molecule has 5 nitrogen and oxygen atoms in total. The summed E-state index contributed by atoms with van der Waals surface area (Å²) < 4.78 is 2.17. The Bertz CT molecular complexity index is 1200. The number of aliphatic hydroxyl groups excluding tert-OH is 1. The minimum absolute atomic E-state index is 0. The van der Waals surface area contributed by atoms with E-state index in [1.54, 1.807) is 0 Å². The van der Waals surface area contributed by atoms with Gasteiger partial charge in [0.2, 0.25) is 0 Å². The molecule has 0 aliphatic carbocycles. The first kappa shape index (κ1) is 22.7. The summed E-state index contributed by atoms with van der Waals surface area (Å²) in [5, 5.41) is 9.34. The summed E-state index contributed by atoms with van der Waals surface area (Å²) in [6.45, 7) is 9.40. The first-order chi connectivity index (χ1) is 13.2. The van der Waals surface area contributed by atoms with E-state index in [1.165, 1.54) is 19.9 Å². The molecule has 0 spiro atoms. The number of hydrogen-bond acceptors (Lipinski definition) is 4. The molecule has 1 N–H and O–H groups in total. The molecule has 29 heavy (non-hydrogen) atoms. The van der Waals surface area contributed by atoms with Crippen molar-refractivity contribution in [3.63, 3.8) is 0 Å². The third-order valence-electron chi connectivity index (χ3n) is 4.14. The average molecular weight is 567 g/mol. The first-order valence-corrected chi connectivity index (χ1v) is 9.14. The zero-order chi connectivity index (χ0) is 20.5. The van der Waals surface area contributed by atoms with E-state index < -0.39 is 0 Å². The predicted molar refractivity (Wildman–Crippen MR) is 113 cm³/mol. The number of carbonyl (C=O) groups is 1. The molecule has 2 heterocycles. The van der Waals surface area contributed by atoms with Crippen LogP contribution in [0.2, 0.25) is 0 Å².